The molecule has 1 saturated carbocycles. The summed E-state index contributed by atoms with van der Waals surface area (Å²) in [5.74, 6) is 1.38. The van der Waals surface area contributed by atoms with Gasteiger partial charge in [-0.3, -0.25) is 4.79 Å². The number of nitrogens with one attached hydrogen (secondary N) is 2. The van der Waals surface area contributed by atoms with Gasteiger partial charge in [-0.25, -0.2) is 0 Å². The molecule has 3 N–H and O–H groups in total. The molecule has 2 heterocycles. The van der Waals surface area contributed by atoms with Crippen molar-refractivity contribution in [2.75, 3.05) is 12.1 Å². The maximum absolute atomic E-state index is 13.2. The molecule has 5 rings (SSSR count). The van der Waals surface area contributed by atoms with Crippen LogP contribution in [0, 0.1) is 0 Å². The van der Waals surface area contributed by atoms with E-state index in [9.17, 15) is 9.90 Å². The second kappa shape index (κ2) is 6.51. The van der Waals surface area contributed by atoms with E-state index in [2.05, 4.69) is 37.1 Å². The zero-order valence-electron chi connectivity index (χ0n) is 17.5. The normalized spacial score (nSPS) is 16.7. The Bertz CT molecular complexity index is 1160. The van der Waals surface area contributed by atoms with Crippen molar-refractivity contribution >= 4 is 22.5 Å². The molecule has 0 radical (unpaired) electrons. The van der Waals surface area contributed by atoms with Crippen molar-refractivity contribution in [2.24, 2.45) is 0 Å². The van der Waals surface area contributed by atoms with Crippen molar-refractivity contribution in [3.8, 4) is 11.5 Å². The SMILES string of the molecule is CC(C)(C)c1cc2cc(NC(=O)C3(c4ccc5c(c4)OCO5)CC3)cc(CO)c2[nH]1.[HH].[HH]. The van der Waals surface area contributed by atoms with Gasteiger partial charge in [-0.2, -0.15) is 0 Å². The van der Waals surface area contributed by atoms with Gasteiger partial charge >= 0.3 is 0 Å². The zero-order valence-corrected chi connectivity index (χ0v) is 17.5. The monoisotopic (exact) mass is 410 g/mol. The highest BCUT2D eigenvalue weighted by Crippen LogP contribution is 2.51. The second-order valence-electron chi connectivity index (χ2n) is 9.29. The number of amides is 1. The van der Waals surface area contributed by atoms with Gasteiger partial charge in [-0.1, -0.05) is 26.8 Å². The number of carbonyl (C=O) groups is 1. The number of aliphatic hydroxyl groups is 1. The minimum Gasteiger partial charge on any atom is -0.454 e. The number of benzene rings is 2. The lowest BCUT2D eigenvalue weighted by Gasteiger charge is -2.17. The number of aromatic nitrogens is 1. The molecule has 1 aliphatic carbocycles. The lowest BCUT2D eigenvalue weighted by atomic mass is 9.92. The summed E-state index contributed by atoms with van der Waals surface area (Å²) in [5, 5.41) is 14.0. The molecule has 1 amide bonds. The predicted octanol–water partition coefficient (Wildman–Crippen LogP) is 4.85. The molecule has 0 unspecified atom stereocenters. The highest BCUT2D eigenvalue weighted by molar-refractivity contribution is 6.03. The Labute approximate surface area is 178 Å². The lowest BCUT2D eigenvalue weighted by Crippen LogP contribution is -2.27. The fourth-order valence-corrected chi connectivity index (χ4v) is 4.14. The summed E-state index contributed by atoms with van der Waals surface area (Å²) in [5.41, 5.74) is 3.85. The number of aliphatic hydroxyl groups excluding tert-OH is 1. The van der Waals surface area contributed by atoms with E-state index in [0.29, 0.717) is 11.4 Å². The number of ether oxygens (including phenoxy) is 2. The maximum atomic E-state index is 13.2. The number of H-pyrrole nitrogens is 1. The van der Waals surface area contributed by atoms with Crippen LogP contribution in [0.1, 0.15) is 53.3 Å². The van der Waals surface area contributed by atoms with Crippen molar-refractivity contribution < 1.29 is 22.2 Å². The molecule has 2 aliphatic rings. The Kier molecular flexibility index (Phi) is 4.12. The number of carbonyl (C=O) groups excluding carboxylic acids is 1. The third kappa shape index (κ3) is 3.03. The zero-order chi connectivity index (χ0) is 21.1. The van der Waals surface area contributed by atoms with Crippen LogP contribution in [0.25, 0.3) is 10.9 Å². The highest BCUT2D eigenvalue weighted by Gasteiger charge is 2.51. The Morgan fingerprint density at radius 2 is 1.93 bits per heavy atom. The van der Waals surface area contributed by atoms with Gasteiger partial charge in [0.2, 0.25) is 12.7 Å². The molecule has 1 fully saturated rings. The third-order valence-electron chi connectivity index (χ3n) is 6.16. The number of hydrogen-bond acceptors (Lipinski definition) is 4. The van der Waals surface area contributed by atoms with Crippen molar-refractivity contribution in [1.82, 2.24) is 4.98 Å². The quantitative estimate of drug-likeness (QED) is 0.574. The Balaban J connectivity index is 0.00000144. The van der Waals surface area contributed by atoms with Crippen LogP contribution < -0.4 is 14.8 Å². The number of rotatable bonds is 4. The molecule has 3 aromatic rings. The highest BCUT2D eigenvalue weighted by atomic mass is 16.7. The van der Waals surface area contributed by atoms with Gasteiger partial charge in [0.25, 0.3) is 0 Å². The third-order valence-corrected chi connectivity index (χ3v) is 6.16. The summed E-state index contributed by atoms with van der Waals surface area (Å²) in [6.07, 6.45) is 1.60. The number of anilines is 1. The first-order valence-electron chi connectivity index (χ1n) is 10.3. The molecule has 160 valence electrons. The van der Waals surface area contributed by atoms with Crippen LogP contribution in [0.3, 0.4) is 0 Å². The smallest absolute Gasteiger partial charge is 0.235 e. The van der Waals surface area contributed by atoms with Gasteiger partial charge in [0.05, 0.1) is 17.5 Å². The molecule has 0 saturated heterocycles. The molecule has 1 aliphatic heterocycles. The summed E-state index contributed by atoms with van der Waals surface area (Å²) in [4.78, 5) is 16.7. The Hall–Kier alpha value is -2.99. The van der Waals surface area contributed by atoms with E-state index in [4.69, 9.17) is 9.47 Å². The van der Waals surface area contributed by atoms with Crippen LogP contribution in [0.2, 0.25) is 0 Å². The number of fused-ring (bicyclic) bond motifs is 2. The van der Waals surface area contributed by atoms with Gasteiger partial charge in [-0.15, -0.1) is 0 Å². The molecule has 2 aromatic carbocycles. The fourth-order valence-electron chi connectivity index (χ4n) is 4.14. The van der Waals surface area contributed by atoms with E-state index in [1.165, 1.54) is 0 Å². The molecule has 1 aromatic heterocycles. The van der Waals surface area contributed by atoms with Crippen LogP contribution in [0.5, 0.6) is 11.5 Å². The van der Waals surface area contributed by atoms with Crippen LogP contribution in [-0.2, 0) is 22.2 Å². The topological polar surface area (TPSA) is 83.6 Å². The standard InChI is InChI=1S/C24H26N2O4.2H2/c1-23(2,3)20-10-14-8-17(9-15(12-27)21(14)26-20)25-22(28)24(6-7-24)16-4-5-18-19(11-16)30-13-29-18;;/h4-5,8-11,26-27H,6-7,12-13H2,1-3H3,(H,25,28);2*1H. The van der Waals surface area contributed by atoms with Gasteiger partial charge in [0, 0.05) is 30.6 Å². The van der Waals surface area contributed by atoms with E-state index in [1.54, 1.807) is 0 Å². The average molecular weight is 411 g/mol. The lowest BCUT2D eigenvalue weighted by molar-refractivity contribution is -0.118. The van der Waals surface area contributed by atoms with Gasteiger partial charge < -0.3 is 24.9 Å². The van der Waals surface area contributed by atoms with Crippen molar-refractivity contribution in [3.05, 3.63) is 53.2 Å². The minimum atomic E-state index is -0.538. The summed E-state index contributed by atoms with van der Waals surface area (Å²) < 4.78 is 10.9. The van der Waals surface area contributed by atoms with Crippen LogP contribution in [0.4, 0.5) is 5.69 Å². The molecule has 0 bridgehead atoms. The van der Waals surface area contributed by atoms with E-state index in [1.807, 2.05) is 30.3 Å². The molecule has 0 atom stereocenters. The van der Waals surface area contributed by atoms with Gasteiger partial charge in [0.1, 0.15) is 0 Å². The van der Waals surface area contributed by atoms with Gasteiger partial charge in [0.15, 0.2) is 11.5 Å². The van der Waals surface area contributed by atoms with Crippen molar-refractivity contribution in [1.29, 1.82) is 0 Å². The van der Waals surface area contributed by atoms with Crippen LogP contribution in [0.15, 0.2) is 36.4 Å². The number of aromatic amines is 1. The van der Waals surface area contributed by atoms with Crippen molar-refractivity contribution in [2.45, 2.75) is 51.0 Å². The van der Waals surface area contributed by atoms with E-state index in [-0.39, 0.29) is 27.6 Å². The Morgan fingerprint density at radius 3 is 2.63 bits per heavy atom. The fraction of sp³-hybridized carbons (Fsp3) is 0.375. The van der Waals surface area contributed by atoms with Crippen LogP contribution in [-0.4, -0.2) is 22.8 Å². The number of hydrogen-bond donors (Lipinski definition) is 3. The van der Waals surface area contributed by atoms with E-state index in [0.717, 1.165) is 46.3 Å². The Morgan fingerprint density at radius 1 is 1.17 bits per heavy atom. The molecule has 6 heteroatoms. The first-order valence-corrected chi connectivity index (χ1v) is 10.3. The molecule has 0 spiro atoms. The largest absolute Gasteiger partial charge is 0.454 e. The summed E-state index contributed by atoms with van der Waals surface area (Å²) in [7, 11) is 0. The summed E-state index contributed by atoms with van der Waals surface area (Å²) in [6, 6.07) is 11.6. The molecular formula is C24H30N2O4. The van der Waals surface area contributed by atoms with Crippen LogP contribution >= 0.6 is 0 Å². The second-order valence-corrected chi connectivity index (χ2v) is 9.29. The molecule has 6 nitrogen and oxygen atoms in total. The summed E-state index contributed by atoms with van der Waals surface area (Å²) in [6.45, 7) is 6.54. The molecular weight excluding hydrogens is 380 g/mol. The molecule has 30 heavy (non-hydrogen) atoms. The summed E-state index contributed by atoms with van der Waals surface area (Å²) >= 11 is 0. The van der Waals surface area contributed by atoms with Crippen molar-refractivity contribution in [3.63, 3.8) is 0 Å². The average Bonchev–Trinajstić information content (AvgIpc) is 3.18. The predicted molar refractivity (Wildman–Crippen MR) is 119 cm³/mol. The maximum Gasteiger partial charge on any atom is 0.235 e. The van der Waals surface area contributed by atoms with Gasteiger partial charge in [-0.05, 0) is 48.7 Å². The van der Waals surface area contributed by atoms with E-state index < -0.39 is 5.41 Å². The first-order chi connectivity index (χ1) is 14.3. The minimum absolute atomic E-state index is 0. The van der Waals surface area contributed by atoms with E-state index >= 15 is 0 Å². The first kappa shape index (κ1) is 19.0.